The average molecular weight is 259 g/mol. The van der Waals surface area contributed by atoms with Crippen molar-refractivity contribution >= 4 is 35.1 Å². The van der Waals surface area contributed by atoms with E-state index in [1.165, 1.54) is 0 Å². The van der Waals surface area contributed by atoms with E-state index >= 15 is 0 Å². The molecule has 3 nitrogen and oxygen atoms in total. The minimum atomic E-state index is -0.0605. The highest BCUT2D eigenvalue weighted by atomic mass is 35.5. The number of nitrogens with zero attached hydrogens (tertiary/aromatic N) is 1. The molecule has 1 amide bonds. The maximum absolute atomic E-state index is 11.6. The highest BCUT2D eigenvalue weighted by Crippen LogP contribution is 2.22. The first-order valence-corrected chi connectivity index (χ1v) is 6.29. The fraction of sp³-hybridized carbons (Fsp3) is 0.455. The van der Waals surface area contributed by atoms with Gasteiger partial charge >= 0.3 is 0 Å². The van der Waals surface area contributed by atoms with Crippen molar-refractivity contribution in [1.82, 2.24) is 4.98 Å². The van der Waals surface area contributed by atoms with Gasteiger partial charge in [-0.25, -0.2) is 4.98 Å². The average Bonchev–Trinajstić information content (AvgIpc) is 2.14. The number of carbonyl (C=O) groups is 1. The van der Waals surface area contributed by atoms with Gasteiger partial charge in [-0.15, -0.1) is 11.8 Å². The zero-order chi connectivity index (χ0) is 12.2. The summed E-state index contributed by atoms with van der Waals surface area (Å²) < 4.78 is 0.0824. The largest absolute Gasteiger partial charge is 0.310 e. The Balaban J connectivity index is 2.46. The second kappa shape index (κ2) is 5.55. The van der Waals surface area contributed by atoms with E-state index in [0.717, 1.165) is 0 Å². The molecule has 0 saturated heterocycles. The van der Waals surface area contributed by atoms with E-state index in [9.17, 15) is 4.79 Å². The number of anilines is 1. The van der Waals surface area contributed by atoms with Gasteiger partial charge in [0.2, 0.25) is 5.91 Å². The quantitative estimate of drug-likeness (QED) is 0.847. The van der Waals surface area contributed by atoms with Crippen molar-refractivity contribution in [1.29, 1.82) is 0 Å². The first kappa shape index (κ1) is 13.3. The molecule has 0 fully saturated rings. The summed E-state index contributed by atoms with van der Waals surface area (Å²) in [6.45, 7) is 6.22. The minimum Gasteiger partial charge on any atom is -0.310 e. The lowest BCUT2D eigenvalue weighted by atomic mass is 10.3. The van der Waals surface area contributed by atoms with Crippen LogP contribution in [0.5, 0.6) is 0 Å². The fourth-order valence-corrected chi connectivity index (χ4v) is 1.74. The van der Waals surface area contributed by atoms with Crippen molar-refractivity contribution in [2.75, 3.05) is 11.1 Å². The van der Waals surface area contributed by atoms with Gasteiger partial charge in [-0.05, 0) is 12.1 Å². The third-order valence-corrected chi connectivity index (χ3v) is 3.10. The predicted molar refractivity (Wildman–Crippen MR) is 70.1 cm³/mol. The molecule has 0 saturated carbocycles. The Hall–Kier alpha value is -0.740. The molecule has 0 bridgehead atoms. The van der Waals surface area contributed by atoms with Crippen LogP contribution in [-0.4, -0.2) is 21.4 Å². The van der Waals surface area contributed by atoms with Gasteiger partial charge in [0.1, 0.15) is 11.0 Å². The van der Waals surface area contributed by atoms with E-state index in [4.69, 9.17) is 11.6 Å². The number of thioether (sulfide) groups is 1. The number of halogens is 1. The van der Waals surface area contributed by atoms with Crippen molar-refractivity contribution in [3.05, 3.63) is 23.4 Å². The highest BCUT2D eigenvalue weighted by molar-refractivity contribution is 8.01. The van der Waals surface area contributed by atoms with Crippen molar-refractivity contribution in [2.24, 2.45) is 0 Å². The summed E-state index contributed by atoms with van der Waals surface area (Å²) in [6, 6.07) is 5.13. The van der Waals surface area contributed by atoms with Gasteiger partial charge in [-0.1, -0.05) is 38.4 Å². The van der Waals surface area contributed by atoms with E-state index in [1.54, 1.807) is 30.0 Å². The fourth-order valence-electron chi connectivity index (χ4n) is 0.939. The van der Waals surface area contributed by atoms with E-state index in [2.05, 4.69) is 31.1 Å². The van der Waals surface area contributed by atoms with Crippen LogP contribution in [0.1, 0.15) is 20.8 Å². The molecule has 0 radical (unpaired) electrons. The molecule has 5 heteroatoms. The van der Waals surface area contributed by atoms with Crippen LogP contribution in [0.4, 0.5) is 5.82 Å². The standard InChI is InChI=1S/C11H15ClN2OS/c1-11(2,3)16-7-10(15)14-9-6-4-5-8(12)13-9/h4-6H,7H2,1-3H3,(H,13,14,15). The van der Waals surface area contributed by atoms with E-state index in [0.29, 0.717) is 16.7 Å². The van der Waals surface area contributed by atoms with Gasteiger partial charge in [-0.3, -0.25) is 4.79 Å². The number of pyridine rings is 1. The van der Waals surface area contributed by atoms with Crippen LogP contribution in [0.15, 0.2) is 18.2 Å². The Morgan fingerprint density at radius 2 is 2.19 bits per heavy atom. The molecule has 0 aliphatic rings. The van der Waals surface area contributed by atoms with Crippen LogP contribution < -0.4 is 5.32 Å². The van der Waals surface area contributed by atoms with Crippen LogP contribution in [-0.2, 0) is 4.79 Å². The summed E-state index contributed by atoms with van der Waals surface area (Å²) in [4.78, 5) is 15.5. The molecular weight excluding hydrogens is 244 g/mol. The molecule has 1 heterocycles. The molecule has 1 rings (SSSR count). The first-order chi connectivity index (χ1) is 7.37. The molecule has 0 atom stereocenters. The summed E-state index contributed by atoms with van der Waals surface area (Å²) in [7, 11) is 0. The third-order valence-electron chi connectivity index (χ3n) is 1.62. The van der Waals surface area contributed by atoms with Gasteiger partial charge in [-0.2, -0.15) is 0 Å². The van der Waals surface area contributed by atoms with Gasteiger partial charge in [0.25, 0.3) is 0 Å². The summed E-state index contributed by atoms with van der Waals surface area (Å²) in [5, 5.41) is 3.08. The van der Waals surface area contributed by atoms with Gasteiger partial charge in [0, 0.05) is 4.75 Å². The van der Waals surface area contributed by atoms with Crippen molar-refractivity contribution in [3.63, 3.8) is 0 Å². The number of nitrogens with one attached hydrogen (secondary N) is 1. The molecule has 1 aromatic rings. The zero-order valence-electron chi connectivity index (χ0n) is 9.58. The minimum absolute atomic E-state index is 0.0605. The zero-order valence-corrected chi connectivity index (χ0v) is 11.2. The molecule has 16 heavy (non-hydrogen) atoms. The lowest BCUT2D eigenvalue weighted by molar-refractivity contribution is -0.113. The van der Waals surface area contributed by atoms with Crippen molar-refractivity contribution in [3.8, 4) is 0 Å². The maximum Gasteiger partial charge on any atom is 0.235 e. The van der Waals surface area contributed by atoms with Crippen LogP contribution in [0.25, 0.3) is 0 Å². The summed E-state index contributed by atoms with van der Waals surface area (Å²) in [5.41, 5.74) is 0. The lowest BCUT2D eigenvalue weighted by Gasteiger charge is -2.16. The van der Waals surface area contributed by atoms with E-state index < -0.39 is 0 Å². The molecule has 0 aliphatic heterocycles. The Kier molecular flexibility index (Phi) is 4.62. The second-order valence-electron chi connectivity index (χ2n) is 4.29. The van der Waals surface area contributed by atoms with Crippen LogP contribution in [0.2, 0.25) is 5.15 Å². The molecule has 1 aromatic heterocycles. The number of rotatable bonds is 3. The number of amides is 1. The second-order valence-corrected chi connectivity index (χ2v) is 6.48. The Bertz CT molecular complexity index is 376. The molecule has 0 unspecified atom stereocenters. The first-order valence-electron chi connectivity index (χ1n) is 4.93. The Morgan fingerprint density at radius 1 is 1.50 bits per heavy atom. The smallest absolute Gasteiger partial charge is 0.235 e. The third kappa shape index (κ3) is 5.37. The van der Waals surface area contributed by atoms with Crippen LogP contribution in [0, 0.1) is 0 Å². The number of carbonyl (C=O) groups excluding carboxylic acids is 1. The van der Waals surface area contributed by atoms with Crippen LogP contribution in [0.3, 0.4) is 0 Å². The molecule has 0 aliphatic carbocycles. The van der Waals surface area contributed by atoms with Crippen molar-refractivity contribution < 1.29 is 4.79 Å². The molecular formula is C11H15ClN2OS. The Labute approximate surface area is 105 Å². The van der Waals surface area contributed by atoms with Crippen molar-refractivity contribution in [2.45, 2.75) is 25.5 Å². The number of hydrogen-bond donors (Lipinski definition) is 1. The van der Waals surface area contributed by atoms with Gasteiger partial charge < -0.3 is 5.32 Å². The summed E-state index contributed by atoms with van der Waals surface area (Å²) >= 11 is 7.30. The monoisotopic (exact) mass is 258 g/mol. The predicted octanol–water partition coefficient (Wildman–Crippen LogP) is 3.21. The normalized spacial score (nSPS) is 11.2. The Morgan fingerprint density at radius 3 is 2.75 bits per heavy atom. The summed E-state index contributed by atoms with van der Waals surface area (Å²) in [6.07, 6.45) is 0. The molecule has 0 aromatic carbocycles. The van der Waals surface area contributed by atoms with E-state index in [1.807, 2.05) is 0 Å². The lowest BCUT2D eigenvalue weighted by Crippen LogP contribution is -2.19. The highest BCUT2D eigenvalue weighted by Gasteiger charge is 2.13. The summed E-state index contributed by atoms with van der Waals surface area (Å²) in [5.74, 6) is 0.847. The number of hydrogen-bond acceptors (Lipinski definition) is 3. The SMILES string of the molecule is CC(C)(C)SCC(=O)Nc1cccc(Cl)n1. The number of aromatic nitrogens is 1. The molecule has 0 spiro atoms. The maximum atomic E-state index is 11.6. The molecule has 1 N–H and O–H groups in total. The van der Waals surface area contributed by atoms with Gasteiger partial charge in [0.15, 0.2) is 0 Å². The van der Waals surface area contributed by atoms with E-state index in [-0.39, 0.29) is 10.7 Å². The topological polar surface area (TPSA) is 42.0 Å². The van der Waals surface area contributed by atoms with Crippen LogP contribution >= 0.6 is 23.4 Å². The molecule has 88 valence electrons. The van der Waals surface area contributed by atoms with Gasteiger partial charge in [0.05, 0.1) is 5.75 Å².